The van der Waals surface area contributed by atoms with Gasteiger partial charge in [0, 0.05) is 13.1 Å². The Morgan fingerprint density at radius 1 is 0.773 bits per heavy atom. The Morgan fingerprint density at radius 2 is 1.23 bits per heavy atom. The molecule has 0 saturated heterocycles. The smallest absolute Gasteiger partial charge is 0.348 e. The van der Waals surface area contributed by atoms with Gasteiger partial charge in [-0.1, -0.05) is 0 Å². The summed E-state index contributed by atoms with van der Waals surface area (Å²) >= 11 is 0. The van der Waals surface area contributed by atoms with Crippen molar-refractivity contribution in [2.75, 3.05) is 32.7 Å². The van der Waals surface area contributed by atoms with E-state index in [1.165, 1.54) is 0 Å². The topological polar surface area (TPSA) is 176 Å². The molecule has 11 nitrogen and oxygen atoms in total. The summed E-state index contributed by atoms with van der Waals surface area (Å²) < 4.78 is 0. The highest BCUT2D eigenvalue weighted by Crippen LogP contribution is 2.01. The summed E-state index contributed by atoms with van der Waals surface area (Å²) in [4.78, 5) is 44.3. The average Bonchev–Trinajstić information content (AvgIpc) is 2.34. The van der Waals surface area contributed by atoms with Crippen LogP contribution in [0, 0.1) is 0 Å². The van der Waals surface area contributed by atoms with Crippen LogP contribution in [-0.2, 0) is 19.2 Å². The van der Waals surface area contributed by atoms with Crippen LogP contribution < -0.4 is 0 Å². The lowest BCUT2D eigenvalue weighted by Crippen LogP contribution is -2.45. The predicted octanol–water partition coefficient (Wildman–Crippen LogP) is -2.36. The van der Waals surface area contributed by atoms with Crippen LogP contribution in [-0.4, -0.2) is 98.2 Å². The zero-order valence-electron chi connectivity index (χ0n) is 11.6. The summed E-state index contributed by atoms with van der Waals surface area (Å²) in [6, 6.07) is 0. The Labute approximate surface area is 125 Å². The van der Waals surface area contributed by atoms with Gasteiger partial charge in [-0.2, -0.15) is 0 Å². The molecule has 0 aromatic carbocycles. The minimum absolute atomic E-state index is 0.0128. The van der Waals surface area contributed by atoms with Crippen LogP contribution in [0.3, 0.4) is 0 Å². The molecule has 0 bridgehead atoms. The average molecular weight is 322 g/mol. The molecule has 0 saturated carbocycles. The monoisotopic (exact) mass is 322 g/mol. The number of aliphatic hydroxyl groups is 1. The Morgan fingerprint density at radius 3 is 1.59 bits per heavy atom. The third-order valence-electron chi connectivity index (χ3n) is 2.54. The molecule has 0 aromatic rings. The van der Waals surface area contributed by atoms with E-state index in [0.29, 0.717) is 0 Å². The van der Waals surface area contributed by atoms with Gasteiger partial charge in [-0.05, 0) is 6.42 Å². The second-order valence-electron chi connectivity index (χ2n) is 4.43. The van der Waals surface area contributed by atoms with Crippen molar-refractivity contribution in [3.8, 4) is 0 Å². The van der Waals surface area contributed by atoms with Gasteiger partial charge in [-0.3, -0.25) is 24.2 Å². The first-order chi connectivity index (χ1) is 10.1. The molecule has 0 amide bonds. The van der Waals surface area contributed by atoms with E-state index >= 15 is 0 Å². The Hall–Kier alpha value is -2.24. The van der Waals surface area contributed by atoms with E-state index in [4.69, 9.17) is 20.4 Å². The molecule has 0 aliphatic rings. The summed E-state index contributed by atoms with van der Waals surface area (Å²) in [6.07, 6.45) is -1.93. The SMILES string of the molecule is O=C(O)CN(CCCN(CC(=O)O)C(O)C(=O)O)CC(=O)O. The van der Waals surface area contributed by atoms with Crippen LogP contribution in [0.15, 0.2) is 0 Å². The third kappa shape index (κ3) is 8.84. The molecule has 0 aliphatic carbocycles. The number of hydrogen-bond acceptors (Lipinski definition) is 7. The molecule has 0 aromatic heterocycles. The summed E-state index contributed by atoms with van der Waals surface area (Å²) in [6.45, 7) is -1.93. The molecule has 5 N–H and O–H groups in total. The quantitative estimate of drug-likeness (QED) is 0.243. The summed E-state index contributed by atoms with van der Waals surface area (Å²) in [5.41, 5.74) is 0. The fourth-order valence-corrected chi connectivity index (χ4v) is 1.71. The number of aliphatic hydroxyl groups excluding tert-OH is 1. The fourth-order valence-electron chi connectivity index (χ4n) is 1.71. The zero-order valence-corrected chi connectivity index (χ0v) is 11.6. The molecule has 1 atom stereocenters. The number of carbonyl (C=O) groups is 4. The van der Waals surface area contributed by atoms with Crippen LogP contribution in [0.2, 0.25) is 0 Å². The van der Waals surface area contributed by atoms with Crippen molar-refractivity contribution in [1.82, 2.24) is 9.80 Å². The molecule has 0 radical (unpaired) electrons. The summed E-state index contributed by atoms with van der Waals surface area (Å²) in [7, 11) is 0. The molecule has 0 rings (SSSR count). The highest BCUT2D eigenvalue weighted by atomic mass is 16.4. The van der Waals surface area contributed by atoms with E-state index in [2.05, 4.69) is 0 Å². The lowest BCUT2D eigenvalue weighted by molar-refractivity contribution is -0.160. The minimum atomic E-state index is -2.01. The largest absolute Gasteiger partial charge is 0.480 e. The summed E-state index contributed by atoms with van der Waals surface area (Å²) in [5.74, 6) is -5.41. The van der Waals surface area contributed by atoms with Gasteiger partial charge in [0.15, 0.2) is 0 Å². The maximum atomic E-state index is 10.7. The van der Waals surface area contributed by atoms with E-state index in [1.807, 2.05) is 0 Å². The lowest BCUT2D eigenvalue weighted by Gasteiger charge is -2.24. The van der Waals surface area contributed by atoms with E-state index in [-0.39, 0.29) is 19.5 Å². The van der Waals surface area contributed by atoms with Crippen LogP contribution in [0.1, 0.15) is 6.42 Å². The second kappa shape index (κ2) is 9.65. The number of nitrogens with zero attached hydrogens (tertiary/aromatic N) is 2. The van der Waals surface area contributed by atoms with E-state index in [0.717, 1.165) is 9.80 Å². The molecule has 0 fully saturated rings. The molecule has 0 spiro atoms. The van der Waals surface area contributed by atoms with Gasteiger partial charge in [-0.25, -0.2) is 4.79 Å². The minimum Gasteiger partial charge on any atom is -0.480 e. The maximum absolute atomic E-state index is 10.7. The van der Waals surface area contributed by atoms with Gasteiger partial charge in [0.1, 0.15) is 0 Å². The number of hydrogen-bond donors (Lipinski definition) is 5. The standard InChI is InChI=1S/C11H18N2O9/c14-7(15)4-12(5-8(16)17)2-1-3-13(6-9(18)19)10(20)11(21)22/h10,20H,1-6H2,(H,14,15)(H,16,17)(H,18,19)(H,21,22). The van der Waals surface area contributed by atoms with E-state index in [9.17, 15) is 24.3 Å². The molecule has 0 heterocycles. The van der Waals surface area contributed by atoms with Gasteiger partial charge in [0.25, 0.3) is 0 Å². The van der Waals surface area contributed by atoms with Crippen molar-refractivity contribution in [3.63, 3.8) is 0 Å². The number of aliphatic carboxylic acids is 4. The molecule has 0 aliphatic heterocycles. The molecule has 11 heteroatoms. The van der Waals surface area contributed by atoms with Gasteiger partial charge >= 0.3 is 23.9 Å². The van der Waals surface area contributed by atoms with Crippen LogP contribution in [0.25, 0.3) is 0 Å². The highest BCUT2D eigenvalue weighted by Gasteiger charge is 2.24. The maximum Gasteiger partial charge on any atom is 0.348 e. The first-order valence-corrected chi connectivity index (χ1v) is 6.16. The first kappa shape index (κ1) is 19.8. The van der Waals surface area contributed by atoms with Crippen LogP contribution in [0.5, 0.6) is 0 Å². The van der Waals surface area contributed by atoms with Gasteiger partial charge in [0.05, 0.1) is 19.6 Å². The molecular formula is C11H18N2O9. The zero-order chi connectivity index (χ0) is 17.3. The van der Waals surface area contributed by atoms with Crippen molar-refractivity contribution in [2.45, 2.75) is 12.6 Å². The van der Waals surface area contributed by atoms with Crippen molar-refractivity contribution in [1.29, 1.82) is 0 Å². The number of carboxylic acids is 4. The molecule has 1 unspecified atom stereocenters. The highest BCUT2D eigenvalue weighted by molar-refractivity contribution is 5.74. The second-order valence-corrected chi connectivity index (χ2v) is 4.43. The lowest BCUT2D eigenvalue weighted by atomic mass is 10.3. The third-order valence-corrected chi connectivity index (χ3v) is 2.54. The molecule has 22 heavy (non-hydrogen) atoms. The van der Waals surface area contributed by atoms with Crippen LogP contribution in [0.4, 0.5) is 0 Å². The first-order valence-electron chi connectivity index (χ1n) is 6.16. The van der Waals surface area contributed by atoms with Crippen molar-refractivity contribution < 1.29 is 44.7 Å². The van der Waals surface area contributed by atoms with Crippen LogP contribution >= 0.6 is 0 Å². The molecule has 126 valence electrons. The van der Waals surface area contributed by atoms with E-state index in [1.54, 1.807) is 0 Å². The fraction of sp³-hybridized carbons (Fsp3) is 0.636. The number of rotatable bonds is 12. The Kier molecular flexibility index (Phi) is 8.67. The number of carboxylic acid groups (broad SMARTS) is 4. The van der Waals surface area contributed by atoms with Crippen molar-refractivity contribution in [2.24, 2.45) is 0 Å². The van der Waals surface area contributed by atoms with Gasteiger partial charge in [-0.15, -0.1) is 0 Å². The van der Waals surface area contributed by atoms with Crippen molar-refractivity contribution in [3.05, 3.63) is 0 Å². The molecular weight excluding hydrogens is 304 g/mol. The normalized spacial score (nSPS) is 12.3. The van der Waals surface area contributed by atoms with Gasteiger partial charge < -0.3 is 25.5 Å². The Bertz CT molecular complexity index is 410. The van der Waals surface area contributed by atoms with E-state index < -0.39 is 49.7 Å². The predicted molar refractivity (Wildman–Crippen MR) is 69.2 cm³/mol. The van der Waals surface area contributed by atoms with Gasteiger partial charge in [0.2, 0.25) is 6.23 Å². The summed E-state index contributed by atoms with van der Waals surface area (Å²) in [5, 5.41) is 44.0. The van der Waals surface area contributed by atoms with Crippen molar-refractivity contribution >= 4 is 23.9 Å². The Balaban J connectivity index is 4.54.